The van der Waals surface area contributed by atoms with E-state index in [1.165, 1.54) is 18.5 Å². The van der Waals surface area contributed by atoms with Gasteiger partial charge >= 0.3 is 6.03 Å². The molecule has 0 unspecified atom stereocenters. The molecule has 1 heterocycles. The highest BCUT2D eigenvalue weighted by Gasteiger charge is 2.28. The summed E-state index contributed by atoms with van der Waals surface area (Å²) in [5.41, 5.74) is 2.40. The van der Waals surface area contributed by atoms with Gasteiger partial charge in [0, 0.05) is 36.1 Å². The highest BCUT2D eigenvalue weighted by molar-refractivity contribution is 7.93. The van der Waals surface area contributed by atoms with Crippen molar-refractivity contribution in [3.05, 3.63) is 42.0 Å². The van der Waals surface area contributed by atoms with Gasteiger partial charge in [0.05, 0.1) is 25.7 Å². The van der Waals surface area contributed by atoms with E-state index in [4.69, 9.17) is 9.47 Å². The predicted octanol–water partition coefficient (Wildman–Crippen LogP) is 3.20. The van der Waals surface area contributed by atoms with Crippen LogP contribution >= 0.6 is 0 Å². The van der Waals surface area contributed by atoms with E-state index < -0.39 is 16.1 Å². The number of anilines is 3. The highest BCUT2D eigenvalue weighted by Crippen LogP contribution is 2.29. The summed E-state index contributed by atoms with van der Waals surface area (Å²) in [5, 5.41) is 5.50. The molecule has 0 aromatic heterocycles. The molecule has 2 aromatic rings. The number of aryl methyl sites for hydroxylation is 1. The van der Waals surface area contributed by atoms with Crippen molar-refractivity contribution in [2.45, 2.75) is 13.3 Å². The number of hydrogen-bond donors (Lipinski definition) is 2. The van der Waals surface area contributed by atoms with Crippen LogP contribution in [0.3, 0.4) is 0 Å². The minimum atomic E-state index is -3.28. The molecule has 2 N–H and O–H groups in total. The molecule has 0 atom stereocenters. The third kappa shape index (κ3) is 4.30. The summed E-state index contributed by atoms with van der Waals surface area (Å²) in [5.74, 6) is 1.24. The van der Waals surface area contributed by atoms with E-state index in [0.29, 0.717) is 41.5 Å². The smallest absolute Gasteiger partial charge is 0.323 e. The Morgan fingerprint density at radius 3 is 2.29 bits per heavy atom. The molecule has 8 nitrogen and oxygen atoms in total. The van der Waals surface area contributed by atoms with Crippen molar-refractivity contribution < 1.29 is 22.7 Å². The molecule has 150 valence electrons. The van der Waals surface area contributed by atoms with Gasteiger partial charge in [0.15, 0.2) is 0 Å². The zero-order valence-electron chi connectivity index (χ0n) is 16.0. The van der Waals surface area contributed by atoms with Gasteiger partial charge in [-0.25, -0.2) is 13.2 Å². The van der Waals surface area contributed by atoms with Crippen molar-refractivity contribution >= 4 is 33.1 Å². The Balaban J connectivity index is 1.78. The summed E-state index contributed by atoms with van der Waals surface area (Å²) in [7, 11) is -0.230. The number of rotatable bonds is 5. The number of ether oxygens (including phenoxy) is 2. The summed E-state index contributed by atoms with van der Waals surface area (Å²) in [4.78, 5) is 12.5. The number of carbonyl (C=O) groups is 1. The van der Waals surface area contributed by atoms with Crippen molar-refractivity contribution in [3.8, 4) is 11.5 Å². The van der Waals surface area contributed by atoms with Gasteiger partial charge in [-0.15, -0.1) is 0 Å². The lowest BCUT2D eigenvalue weighted by molar-refractivity contribution is 0.262. The van der Waals surface area contributed by atoms with Crippen LogP contribution in [0.25, 0.3) is 0 Å². The Hall–Kier alpha value is -2.94. The van der Waals surface area contributed by atoms with Crippen LogP contribution in [0, 0.1) is 6.92 Å². The van der Waals surface area contributed by atoms with E-state index in [1.807, 2.05) is 6.92 Å². The monoisotopic (exact) mass is 405 g/mol. The quantitative estimate of drug-likeness (QED) is 0.796. The summed E-state index contributed by atoms with van der Waals surface area (Å²) in [6, 6.07) is 9.78. The zero-order chi connectivity index (χ0) is 20.3. The van der Waals surface area contributed by atoms with Gasteiger partial charge in [-0.1, -0.05) is 6.07 Å². The molecule has 1 aliphatic rings. The van der Waals surface area contributed by atoms with E-state index in [2.05, 4.69) is 10.6 Å². The van der Waals surface area contributed by atoms with Crippen LogP contribution in [0.1, 0.15) is 12.0 Å². The number of carbonyl (C=O) groups excluding carboxylic acids is 1. The van der Waals surface area contributed by atoms with E-state index in [9.17, 15) is 13.2 Å². The average molecular weight is 405 g/mol. The van der Waals surface area contributed by atoms with Crippen molar-refractivity contribution in [1.29, 1.82) is 0 Å². The van der Waals surface area contributed by atoms with E-state index in [-0.39, 0.29) is 5.75 Å². The number of amides is 2. The minimum absolute atomic E-state index is 0.141. The van der Waals surface area contributed by atoms with Crippen LogP contribution in [0.5, 0.6) is 11.5 Å². The predicted molar refractivity (Wildman–Crippen MR) is 109 cm³/mol. The normalized spacial score (nSPS) is 15.2. The van der Waals surface area contributed by atoms with Crippen LogP contribution in [-0.2, 0) is 10.0 Å². The van der Waals surface area contributed by atoms with Crippen molar-refractivity contribution in [2.24, 2.45) is 0 Å². The van der Waals surface area contributed by atoms with Crippen molar-refractivity contribution in [3.63, 3.8) is 0 Å². The molecule has 0 bridgehead atoms. The topological polar surface area (TPSA) is 97.0 Å². The molecule has 0 radical (unpaired) electrons. The highest BCUT2D eigenvalue weighted by atomic mass is 32.2. The molecular weight excluding hydrogens is 382 g/mol. The standard InChI is InChI=1S/C19H23N3O5S/c1-13-5-6-15(22-7-4-8-28(22,24)25)11-18(13)21-19(23)20-14-9-16(26-2)12-17(10-14)27-3/h5-6,9-12H,4,7-8H2,1-3H3,(H2,20,21,23). The van der Waals surface area contributed by atoms with E-state index in [0.717, 1.165) is 5.56 Å². The molecular formula is C19H23N3O5S. The first-order chi connectivity index (χ1) is 13.3. The number of urea groups is 1. The second-order valence-electron chi connectivity index (χ2n) is 6.42. The van der Waals surface area contributed by atoms with Gasteiger partial charge < -0.3 is 20.1 Å². The fourth-order valence-corrected chi connectivity index (χ4v) is 4.55. The molecule has 28 heavy (non-hydrogen) atoms. The molecule has 2 aromatic carbocycles. The average Bonchev–Trinajstić information content (AvgIpc) is 3.02. The summed E-state index contributed by atoms with van der Waals surface area (Å²) >= 11 is 0. The molecule has 2 amide bonds. The third-order valence-electron chi connectivity index (χ3n) is 4.47. The van der Waals surface area contributed by atoms with Gasteiger partial charge in [0.2, 0.25) is 10.0 Å². The van der Waals surface area contributed by atoms with E-state index >= 15 is 0 Å². The summed E-state index contributed by atoms with van der Waals surface area (Å²) in [6.45, 7) is 2.28. The Labute approximate surface area is 164 Å². The van der Waals surface area contributed by atoms with Crippen LogP contribution in [0.15, 0.2) is 36.4 Å². The molecule has 9 heteroatoms. The van der Waals surface area contributed by atoms with Crippen LogP contribution in [-0.4, -0.2) is 41.0 Å². The van der Waals surface area contributed by atoms with E-state index in [1.54, 1.807) is 36.4 Å². The maximum Gasteiger partial charge on any atom is 0.323 e. The number of hydrogen-bond acceptors (Lipinski definition) is 5. The lowest BCUT2D eigenvalue weighted by Crippen LogP contribution is -2.25. The number of benzene rings is 2. The van der Waals surface area contributed by atoms with Gasteiger partial charge in [-0.2, -0.15) is 0 Å². The molecule has 1 aliphatic heterocycles. The van der Waals surface area contributed by atoms with Gasteiger partial charge in [-0.05, 0) is 31.0 Å². The van der Waals surface area contributed by atoms with Crippen molar-refractivity contribution in [2.75, 3.05) is 41.5 Å². The third-order valence-corrected chi connectivity index (χ3v) is 6.34. The van der Waals surface area contributed by atoms with Crippen molar-refractivity contribution in [1.82, 2.24) is 0 Å². The largest absolute Gasteiger partial charge is 0.497 e. The Morgan fingerprint density at radius 1 is 1.04 bits per heavy atom. The number of nitrogens with one attached hydrogen (secondary N) is 2. The first kappa shape index (κ1) is 19.8. The fourth-order valence-electron chi connectivity index (χ4n) is 2.99. The zero-order valence-corrected chi connectivity index (χ0v) is 16.8. The lowest BCUT2D eigenvalue weighted by atomic mass is 10.2. The summed E-state index contributed by atoms with van der Waals surface area (Å²) < 4.78 is 36.1. The Bertz CT molecular complexity index is 969. The fraction of sp³-hybridized carbons (Fsp3) is 0.316. The first-order valence-electron chi connectivity index (χ1n) is 8.74. The summed E-state index contributed by atoms with van der Waals surface area (Å²) in [6.07, 6.45) is 0.594. The Morgan fingerprint density at radius 2 is 1.71 bits per heavy atom. The molecule has 1 fully saturated rings. The second-order valence-corrected chi connectivity index (χ2v) is 8.43. The molecule has 1 saturated heterocycles. The molecule has 0 saturated carbocycles. The second kappa shape index (κ2) is 7.97. The molecule has 0 aliphatic carbocycles. The van der Waals surface area contributed by atoms with Gasteiger partial charge in [-0.3, -0.25) is 4.31 Å². The maximum atomic E-state index is 12.5. The first-order valence-corrected chi connectivity index (χ1v) is 10.4. The van der Waals surface area contributed by atoms with Gasteiger partial charge in [0.1, 0.15) is 11.5 Å². The number of nitrogens with zero attached hydrogens (tertiary/aromatic N) is 1. The maximum absolute atomic E-state index is 12.5. The molecule has 0 spiro atoms. The molecule has 3 rings (SSSR count). The minimum Gasteiger partial charge on any atom is -0.497 e. The number of sulfonamides is 1. The SMILES string of the molecule is COc1cc(NC(=O)Nc2cc(N3CCCS3(=O)=O)ccc2C)cc(OC)c1. The van der Waals surface area contributed by atoms with Gasteiger partial charge in [0.25, 0.3) is 0 Å². The lowest BCUT2D eigenvalue weighted by Gasteiger charge is -2.19. The number of methoxy groups -OCH3 is 2. The van der Waals surface area contributed by atoms with Crippen LogP contribution in [0.4, 0.5) is 21.9 Å². The van der Waals surface area contributed by atoms with Crippen LogP contribution in [0.2, 0.25) is 0 Å². The Kier molecular flexibility index (Phi) is 5.64. The van der Waals surface area contributed by atoms with Crippen LogP contribution < -0.4 is 24.4 Å².